The molecule has 158 valence electrons. The Bertz CT molecular complexity index is 1090. The molecule has 0 radical (unpaired) electrons. The SMILES string of the molecule is Cc1nnc(N[C@H](C)c2ccc(F)cc2F)c2cc(N3CC(C)(N(C)C)C3)ncc12. The predicted molar refractivity (Wildman–Crippen MR) is 115 cm³/mol. The van der Waals surface area contributed by atoms with Gasteiger partial charge >= 0.3 is 0 Å². The van der Waals surface area contributed by atoms with Crippen molar-refractivity contribution in [2.24, 2.45) is 0 Å². The molecule has 0 aliphatic carbocycles. The number of rotatable bonds is 5. The van der Waals surface area contributed by atoms with Crippen molar-refractivity contribution in [3.63, 3.8) is 0 Å². The van der Waals surface area contributed by atoms with Crippen LogP contribution >= 0.6 is 0 Å². The molecule has 1 fully saturated rings. The molecule has 0 spiro atoms. The first-order chi connectivity index (χ1) is 14.2. The van der Waals surface area contributed by atoms with Crippen molar-refractivity contribution in [1.29, 1.82) is 0 Å². The van der Waals surface area contributed by atoms with Crippen LogP contribution < -0.4 is 10.2 Å². The van der Waals surface area contributed by atoms with E-state index in [1.54, 1.807) is 0 Å². The van der Waals surface area contributed by atoms with Gasteiger partial charge in [-0.25, -0.2) is 13.8 Å². The number of aromatic nitrogens is 3. The van der Waals surface area contributed by atoms with Crippen molar-refractivity contribution >= 4 is 22.4 Å². The van der Waals surface area contributed by atoms with E-state index in [1.807, 2.05) is 26.1 Å². The largest absolute Gasteiger partial charge is 0.361 e. The van der Waals surface area contributed by atoms with Crippen molar-refractivity contribution in [3.05, 3.63) is 53.4 Å². The Balaban J connectivity index is 1.66. The number of aryl methyl sites for hydroxylation is 1. The maximum absolute atomic E-state index is 14.2. The standard InChI is InChI=1S/C22H26F2N6/c1-13(16-7-6-15(23)8-19(16)24)26-21-17-9-20(25-10-18(17)14(2)27-28-21)30-11-22(3,12-30)29(4)5/h6-10,13H,11-12H2,1-5H3,(H,26,28)/t13-/m1/s1. The minimum Gasteiger partial charge on any atom is -0.361 e. The van der Waals surface area contributed by atoms with Crippen LogP contribution in [-0.4, -0.2) is 52.8 Å². The molecule has 1 aliphatic rings. The summed E-state index contributed by atoms with van der Waals surface area (Å²) in [6, 6.07) is 5.18. The highest BCUT2D eigenvalue weighted by Crippen LogP contribution is 2.33. The van der Waals surface area contributed by atoms with Gasteiger partial charge in [-0.2, -0.15) is 5.10 Å². The zero-order valence-electron chi connectivity index (χ0n) is 17.9. The summed E-state index contributed by atoms with van der Waals surface area (Å²) in [5.74, 6) is 0.230. The van der Waals surface area contributed by atoms with E-state index >= 15 is 0 Å². The number of hydrogen-bond donors (Lipinski definition) is 1. The molecule has 0 unspecified atom stereocenters. The van der Waals surface area contributed by atoms with Gasteiger partial charge < -0.3 is 15.1 Å². The van der Waals surface area contributed by atoms with Gasteiger partial charge in [-0.1, -0.05) is 6.07 Å². The van der Waals surface area contributed by atoms with E-state index in [4.69, 9.17) is 0 Å². The van der Waals surface area contributed by atoms with E-state index in [-0.39, 0.29) is 5.54 Å². The fraction of sp³-hybridized carbons (Fsp3) is 0.409. The van der Waals surface area contributed by atoms with Crippen molar-refractivity contribution in [3.8, 4) is 0 Å². The molecule has 1 aromatic carbocycles. The third kappa shape index (κ3) is 3.56. The number of halogens is 2. The Labute approximate surface area is 174 Å². The second-order valence-electron chi connectivity index (χ2n) is 8.50. The monoisotopic (exact) mass is 412 g/mol. The molecule has 3 aromatic rings. The maximum atomic E-state index is 14.2. The zero-order chi connectivity index (χ0) is 21.6. The second kappa shape index (κ2) is 7.43. The van der Waals surface area contributed by atoms with Crippen LogP contribution in [0.25, 0.3) is 10.8 Å². The number of nitrogens with one attached hydrogen (secondary N) is 1. The first kappa shape index (κ1) is 20.4. The molecule has 30 heavy (non-hydrogen) atoms. The topological polar surface area (TPSA) is 57.2 Å². The number of pyridine rings is 1. The molecule has 4 rings (SSSR count). The predicted octanol–water partition coefficient (Wildman–Crippen LogP) is 3.92. The fourth-order valence-electron chi connectivity index (χ4n) is 3.80. The molecular weight excluding hydrogens is 386 g/mol. The molecule has 2 aromatic heterocycles. The molecule has 1 atom stereocenters. The lowest BCUT2D eigenvalue weighted by Gasteiger charge is -2.52. The van der Waals surface area contributed by atoms with Crippen molar-refractivity contribution in [2.75, 3.05) is 37.4 Å². The van der Waals surface area contributed by atoms with Gasteiger partial charge in [-0.15, -0.1) is 5.10 Å². The van der Waals surface area contributed by atoms with Gasteiger partial charge in [-0.05, 0) is 47.0 Å². The first-order valence-corrected chi connectivity index (χ1v) is 9.95. The highest BCUT2D eigenvalue weighted by Gasteiger charge is 2.41. The van der Waals surface area contributed by atoms with Crippen LogP contribution in [0.2, 0.25) is 0 Å². The van der Waals surface area contributed by atoms with Crippen LogP contribution in [-0.2, 0) is 0 Å². The molecule has 6 nitrogen and oxygen atoms in total. The van der Waals surface area contributed by atoms with Crippen molar-refractivity contribution in [1.82, 2.24) is 20.1 Å². The van der Waals surface area contributed by atoms with Crippen LogP contribution in [0.5, 0.6) is 0 Å². The lowest BCUT2D eigenvalue weighted by Crippen LogP contribution is -2.67. The Kier molecular flexibility index (Phi) is 5.05. The lowest BCUT2D eigenvalue weighted by atomic mass is 9.91. The summed E-state index contributed by atoms with van der Waals surface area (Å²) in [4.78, 5) is 9.08. The average Bonchev–Trinajstić information content (AvgIpc) is 2.67. The molecular formula is C22H26F2N6. The van der Waals surface area contributed by atoms with Gasteiger partial charge in [0.25, 0.3) is 0 Å². The number of benzene rings is 1. The summed E-state index contributed by atoms with van der Waals surface area (Å²) >= 11 is 0. The van der Waals surface area contributed by atoms with Gasteiger partial charge in [-0.3, -0.25) is 0 Å². The summed E-state index contributed by atoms with van der Waals surface area (Å²) in [6.07, 6.45) is 1.81. The Hall–Kier alpha value is -2.87. The Morgan fingerprint density at radius 1 is 1.13 bits per heavy atom. The first-order valence-electron chi connectivity index (χ1n) is 9.95. The van der Waals surface area contributed by atoms with Crippen LogP contribution in [0, 0.1) is 18.6 Å². The molecule has 1 N–H and O–H groups in total. The molecule has 0 saturated carbocycles. The normalized spacial score (nSPS) is 16.6. The zero-order valence-corrected chi connectivity index (χ0v) is 17.9. The van der Waals surface area contributed by atoms with Crippen LogP contribution in [0.4, 0.5) is 20.4 Å². The summed E-state index contributed by atoms with van der Waals surface area (Å²) in [7, 11) is 4.17. The van der Waals surface area contributed by atoms with E-state index in [0.717, 1.165) is 41.4 Å². The van der Waals surface area contributed by atoms with E-state index in [1.165, 1.54) is 12.1 Å². The van der Waals surface area contributed by atoms with E-state index in [2.05, 4.69) is 51.3 Å². The summed E-state index contributed by atoms with van der Waals surface area (Å²) in [5.41, 5.74) is 1.27. The Morgan fingerprint density at radius 2 is 1.87 bits per heavy atom. The summed E-state index contributed by atoms with van der Waals surface area (Å²) < 4.78 is 27.5. The van der Waals surface area contributed by atoms with Gasteiger partial charge in [0.2, 0.25) is 0 Å². The van der Waals surface area contributed by atoms with Gasteiger partial charge in [0, 0.05) is 41.7 Å². The number of nitrogens with zero attached hydrogens (tertiary/aromatic N) is 5. The minimum atomic E-state index is -0.598. The number of likely N-dealkylation sites (N-methyl/N-ethyl adjacent to an activating group) is 1. The van der Waals surface area contributed by atoms with Crippen molar-refractivity contribution < 1.29 is 8.78 Å². The quantitative estimate of drug-likeness (QED) is 0.685. The maximum Gasteiger partial charge on any atom is 0.157 e. The summed E-state index contributed by atoms with van der Waals surface area (Å²) in [6.45, 7) is 7.69. The molecule has 0 bridgehead atoms. The van der Waals surface area contributed by atoms with E-state index in [0.29, 0.717) is 11.4 Å². The molecule has 3 heterocycles. The van der Waals surface area contributed by atoms with Crippen LogP contribution in [0.1, 0.15) is 31.1 Å². The van der Waals surface area contributed by atoms with E-state index < -0.39 is 17.7 Å². The van der Waals surface area contributed by atoms with E-state index in [9.17, 15) is 8.78 Å². The van der Waals surface area contributed by atoms with Crippen LogP contribution in [0.3, 0.4) is 0 Å². The van der Waals surface area contributed by atoms with Crippen LogP contribution in [0.15, 0.2) is 30.5 Å². The third-order valence-corrected chi connectivity index (χ3v) is 6.08. The molecule has 0 amide bonds. The second-order valence-corrected chi connectivity index (χ2v) is 8.50. The van der Waals surface area contributed by atoms with Gasteiger partial charge in [0.05, 0.1) is 17.3 Å². The van der Waals surface area contributed by atoms with Crippen molar-refractivity contribution in [2.45, 2.75) is 32.4 Å². The van der Waals surface area contributed by atoms with Gasteiger partial charge in [0.1, 0.15) is 17.5 Å². The fourth-order valence-corrected chi connectivity index (χ4v) is 3.80. The number of anilines is 2. The summed E-state index contributed by atoms with van der Waals surface area (Å²) in [5, 5.41) is 13.5. The molecule has 1 saturated heterocycles. The average molecular weight is 412 g/mol. The third-order valence-electron chi connectivity index (χ3n) is 6.08. The number of hydrogen-bond acceptors (Lipinski definition) is 6. The minimum absolute atomic E-state index is 0.124. The smallest absolute Gasteiger partial charge is 0.157 e. The van der Waals surface area contributed by atoms with Gasteiger partial charge in [0.15, 0.2) is 5.82 Å². The Morgan fingerprint density at radius 3 is 2.53 bits per heavy atom. The highest BCUT2D eigenvalue weighted by molar-refractivity contribution is 5.94. The lowest BCUT2D eigenvalue weighted by molar-refractivity contribution is 0.132. The molecule has 1 aliphatic heterocycles. The number of fused-ring (bicyclic) bond motifs is 1. The highest BCUT2D eigenvalue weighted by atomic mass is 19.1. The molecule has 8 heteroatoms.